The lowest BCUT2D eigenvalue weighted by molar-refractivity contribution is -0.139. The highest BCUT2D eigenvalue weighted by Gasteiger charge is 2.35. The van der Waals surface area contributed by atoms with Crippen LogP contribution in [0.5, 0.6) is 0 Å². The van der Waals surface area contributed by atoms with Crippen molar-refractivity contribution in [2.24, 2.45) is 23.5 Å². The SMILES string of the molecule is CCC[C@H](C(N)=O)[C@@H](CC(C)C)C(=O)N[C@H]1CCCCN(CCc2ccccc2)C1=O. The lowest BCUT2D eigenvalue weighted by Gasteiger charge is -2.29. The van der Waals surface area contributed by atoms with Gasteiger partial charge in [0, 0.05) is 24.9 Å². The molecule has 0 unspecified atom stereocenters. The Morgan fingerprint density at radius 1 is 1.16 bits per heavy atom. The van der Waals surface area contributed by atoms with Crippen LogP contribution in [0.15, 0.2) is 30.3 Å². The molecule has 3 N–H and O–H groups in total. The number of nitrogens with zero attached hydrogens (tertiary/aromatic N) is 1. The third-order valence-corrected chi connectivity index (χ3v) is 6.12. The molecule has 0 radical (unpaired) electrons. The second-order valence-corrected chi connectivity index (χ2v) is 9.15. The van der Waals surface area contributed by atoms with Crippen LogP contribution in [-0.2, 0) is 20.8 Å². The number of primary amides is 1. The van der Waals surface area contributed by atoms with E-state index in [0.717, 1.165) is 25.7 Å². The number of likely N-dealkylation sites (tertiary alicyclic amines) is 1. The van der Waals surface area contributed by atoms with Gasteiger partial charge in [-0.25, -0.2) is 0 Å². The zero-order valence-corrected chi connectivity index (χ0v) is 19.3. The summed E-state index contributed by atoms with van der Waals surface area (Å²) in [7, 11) is 0. The van der Waals surface area contributed by atoms with Crippen LogP contribution in [0.3, 0.4) is 0 Å². The number of carbonyl (C=O) groups is 3. The normalized spacial score (nSPS) is 19.0. The van der Waals surface area contributed by atoms with Crippen LogP contribution in [0.25, 0.3) is 0 Å². The van der Waals surface area contributed by atoms with Crippen molar-refractivity contribution in [3.8, 4) is 0 Å². The Balaban J connectivity index is 2.08. The van der Waals surface area contributed by atoms with Gasteiger partial charge in [0.1, 0.15) is 6.04 Å². The molecule has 1 saturated heterocycles. The van der Waals surface area contributed by atoms with E-state index in [2.05, 4.69) is 17.4 Å². The van der Waals surface area contributed by atoms with Crippen molar-refractivity contribution in [2.45, 2.75) is 71.8 Å². The second-order valence-electron chi connectivity index (χ2n) is 9.15. The average molecular weight is 430 g/mol. The summed E-state index contributed by atoms with van der Waals surface area (Å²) in [4.78, 5) is 40.4. The fourth-order valence-electron chi connectivity index (χ4n) is 4.46. The molecule has 1 aromatic carbocycles. The molecule has 31 heavy (non-hydrogen) atoms. The number of hydrogen-bond donors (Lipinski definition) is 2. The lowest BCUT2D eigenvalue weighted by Crippen LogP contribution is -2.51. The summed E-state index contributed by atoms with van der Waals surface area (Å²) in [5.74, 6) is -1.40. The molecular weight excluding hydrogens is 390 g/mol. The molecule has 1 fully saturated rings. The molecule has 3 amide bonds. The number of amides is 3. The van der Waals surface area contributed by atoms with Crippen LogP contribution in [0.4, 0.5) is 0 Å². The van der Waals surface area contributed by atoms with Crippen LogP contribution in [0.2, 0.25) is 0 Å². The monoisotopic (exact) mass is 429 g/mol. The predicted octanol–water partition coefficient (Wildman–Crippen LogP) is 3.29. The van der Waals surface area contributed by atoms with Gasteiger partial charge in [0.05, 0.1) is 0 Å². The molecule has 0 aromatic heterocycles. The molecule has 0 aliphatic carbocycles. The number of hydrogen-bond acceptors (Lipinski definition) is 3. The highest BCUT2D eigenvalue weighted by atomic mass is 16.2. The van der Waals surface area contributed by atoms with E-state index < -0.39 is 23.8 Å². The highest BCUT2D eigenvalue weighted by Crippen LogP contribution is 2.26. The average Bonchev–Trinajstić information content (AvgIpc) is 2.91. The molecular formula is C25H39N3O3. The van der Waals surface area contributed by atoms with E-state index in [0.29, 0.717) is 32.4 Å². The predicted molar refractivity (Wildman–Crippen MR) is 123 cm³/mol. The fraction of sp³-hybridized carbons (Fsp3) is 0.640. The molecule has 6 nitrogen and oxygen atoms in total. The van der Waals surface area contributed by atoms with Gasteiger partial charge in [-0.2, -0.15) is 0 Å². The van der Waals surface area contributed by atoms with Gasteiger partial charge in [-0.15, -0.1) is 0 Å². The van der Waals surface area contributed by atoms with E-state index in [-0.39, 0.29) is 17.7 Å². The highest BCUT2D eigenvalue weighted by molar-refractivity contribution is 5.91. The molecule has 1 aliphatic rings. The van der Waals surface area contributed by atoms with E-state index in [1.165, 1.54) is 5.56 Å². The quantitative estimate of drug-likeness (QED) is 0.565. The second kappa shape index (κ2) is 12.5. The van der Waals surface area contributed by atoms with Crippen LogP contribution < -0.4 is 11.1 Å². The van der Waals surface area contributed by atoms with Crippen LogP contribution in [-0.4, -0.2) is 41.8 Å². The molecule has 0 bridgehead atoms. The number of nitrogens with one attached hydrogen (secondary N) is 1. The summed E-state index contributed by atoms with van der Waals surface area (Å²) in [6.07, 6.45) is 5.20. The maximum atomic E-state index is 13.2. The van der Waals surface area contributed by atoms with E-state index in [1.54, 1.807) is 0 Å². The maximum Gasteiger partial charge on any atom is 0.245 e. The summed E-state index contributed by atoms with van der Waals surface area (Å²) in [5, 5.41) is 3.00. The lowest BCUT2D eigenvalue weighted by atomic mass is 9.81. The van der Waals surface area contributed by atoms with Crippen LogP contribution in [0.1, 0.15) is 64.9 Å². The van der Waals surface area contributed by atoms with Crippen molar-refractivity contribution < 1.29 is 14.4 Å². The molecule has 1 aromatic rings. The summed E-state index contributed by atoms with van der Waals surface area (Å²) in [6, 6.07) is 9.59. The number of rotatable bonds is 11. The van der Waals surface area contributed by atoms with Gasteiger partial charge in [0.15, 0.2) is 0 Å². The minimum atomic E-state index is -0.532. The maximum absolute atomic E-state index is 13.2. The Kier molecular flexibility index (Phi) is 10.0. The van der Waals surface area contributed by atoms with Crippen LogP contribution in [0, 0.1) is 17.8 Å². The number of nitrogens with two attached hydrogens (primary N) is 1. The van der Waals surface area contributed by atoms with Gasteiger partial charge in [0.2, 0.25) is 17.7 Å². The van der Waals surface area contributed by atoms with Gasteiger partial charge < -0.3 is 16.0 Å². The van der Waals surface area contributed by atoms with E-state index in [1.807, 2.05) is 43.9 Å². The van der Waals surface area contributed by atoms with Crippen molar-refractivity contribution in [2.75, 3.05) is 13.1 Å². The van der Waals surface area contributed by atoms with Gasteiger partial charge >= 0.3 is 0 Å². The van der Waals surface area contributed by atoms with Gasteiger partial charge in [-0.1, -0.05) is 57.5 Å². The largest absolute Gasteiger partial charge is 0.369 e. The zero-order valence-electron chi connectivity index (χ0n) is 19.3. The number of carbonyl (C=O) groups excluding carboxylic acids is 3. The first-order valence-electron chi connectivity index (χ1n) is 11.8. The first-order valence-corrected chi connectivity index (χ1v) is 11.8. The smallest absolute Gasteiger partial charge is 0.245 e. The Bertz CT molecular complexity index is 720. The van der Waals surface area contributed by atoms with Crippen molar-refractivity contribution >= 4 is 17.7 Å². The van der Waals surface area contributed by atoms with E-state index in [9.17, 15) is 14.4 Å². The first kappa shape index (κ1) is 24.9. The molecule has 0 saturated carbocycles. The molecule has 1 heterocycles. The first-order chi connectivity index (χ1) is 14.8. The van der Waals surface area contributed by atoms with Crippen LogP contribution >= 0.6 is 0 Å². The minimum absolute atomic E-state index is 0.0174. The minimum Gasteiger partial charge on any atom is -0.369 e. The molecule has 2 rings (SSSR count). The fourth-order valence-corrected chi connectivity index (χ4v) is 4.46. The Labute approximate surface area is 186 Å². The summed E-state index contributed by atoms with van der Waals surface area (Å²) in [5.41, 5.74) is 6.84. The van der Waals surface area contributed by atoms with E-state index >= 15 is 0 Å². The van der Waals surface area contributed by atoms with Gasteiger partial charge in [-0.3, -0.25) is 14.4 Å². The Morgan fingerprint density at radius 2 is 1.87 bits per heavy atom. The molecule has 0 spiro atoms. The topological polar surface area (TPSA) is 92.5 Å². The van der Waals surface area contributed by atoms with Crippen molar-refractivity contribution in [1.82, 2.24) is 10.2 Å². The van der Waals surface area contributed by atoms with Crippen molar-refractivity contribution in [1.29, 1.82) is 0 Å². The standard InChI is InChI=1S/C25H39N3O3/c1-4-10-20(23(26)29)21(17-18(2)3)24(30)27-22-13-8-9-15-28(25(22)31)16-14-19-11-6-5-7-12-19/h5-7,11-12,18,20-22H,4,8-10,13-17H2,1-3H3,(H2,26,29)(H,27,30)/t20-,21+,22-/m0/s1. The molecule has 172 valence electrons. The molecule has 3 atom stereocenters. The zero-order chi connectivity index (χ0) is 22.8. The Hall–Kier alpha value is -2.37. The molecule has 1 aliphatic heterocycles. The summed E-state index contributed by atoms with van der Waals surface area (Å²) < 4.78 is 0. The van der Waals surface area contributed by atoms with Crippen molar-refractivity contribution in [3.63, 3.8) is 0 Å². The van der Waals surface area contributed by atoms with Gasteiger partial charge in [-0.05, 0) is 50.0 Å². The van der Waals surface area contributed by atoms with E-state index in [4.69, 9.17) is 5.73 Å². The Morgan fingerprint density at radius 3 is 2.48 bits per heavy atom. The molecule has 6 heteroatoms. The summed E-state index contributed by atoms with van der Waals surface area (Å²) >= 11 is 0. The van der Waals surface area contributed by atoms with Gasteiger partial charge in [0.25, 0.3) is 0 Å². The third kappa shape index (κ3) is 7.67. The summed E-state index contributed by atoms with van der Waals surface area (Å²) in [6.45, 7) is 7.41. The van der Waals surface area contributed by atoms with Crippen molar-refractivity contribution in [3.05, 3.63) is 35.9 Å². The number of benzene rings is 1. The third-order valence-electron chi connectivity index (χ3n) is 6.12.